The molecule has 0 bridgehead atoms. The lowest BCUT2D eigenvalue weighted by atomic mass is 10.1. The Labute approximate surface area is 161 Å². The SMILES string of the molecule is CC1=CC(C#N)=C(NS(=O)(=O)c2ccc(-c3cnco3)cc2)n2nccc2C1. The van der Waals surface area contributed by atoms with Crippen molar-refractivity contribution in [1.29, 1.82) is 5.26 Å². The summed E-state index contributed by atoms with van der Waals surface area (Å²) < 4.78 is 35.0. The number of rotatable bonds is 4. The van der Waals surface area contributed by atoms with Crippen LogP contribution in [0.4, 0.5) is 0 Å². The maximum Gasteiger partial charge on any atom is 0.263 e. The number of oxazole rings is 1. The Kier molecular flexibility index (Phi) is 4.33. The van der Waals surface area contributed by atoms with Crippen molar-refractivity contribution in [2.24, 2.45) is 0 Å². The van der Waals surface area contributed by atoms with E-state index in [1.54, 1.807) is 36.7 Å². The molecule has 3 heterocycles. The molecule has 1 aliphatic heterocycles. The molecule has 1 N–H and O–H groups in total. The lowest BCUT2D eigenvalue weighted by Gasteiger charge is -2.14. The predicted molar refractivity (Wildman–Crippen MR) is 101 cm³/mol. The van der Waals surface area contributed by atoms with Crippen LogP contribution in [0.3, 0.4) is 0 Å². The lowest BCUT2D eigenvalue weighted by molar-refractivity contribution is 0.571. The fourth-order valence-corrected chi connectivity index (χ4v) is 4.02. The quantitative estimate of drug-likeness (QED) is 0.729. The first-order valence-corrected chi connectivity index (χ1v) is 9.83. The average Bonchev–Trinajstić information content (AvgIpc) is 3.35. The first-order valence-electron chi connectivity index (χ1n) is 8.34. The molecule has 3 aromatic rings. The zero-order valence-corrected chi connectivity index (χ0v) is 15.6. The molecule has 0 spiro atoms. The molecule has 0 saturated carbocycles. The van der Waals surface area contributed by atoms with Crippen molar-refractivity contribution in [3.05, 3.63) is 72.0 Å². The van der Waals surface area contributed by atoms with Gasteiger partial charge in [0, 0.05) is 18.2 Å². The van der Waals surface area contributed by atoms with Gasteiger partial charge in [0.2, 0.25) is 0 Å². The monoisotopic (exact) mass is 393 g/mol. The Balaban J connectivity index is 1.72. The molecule has 0 amide bonds. The number of nitrogens with one attached hydrogen (secondary N) is 1. The van der Waals surface area contributed by atoms with Gasteiger partial charge in [-0.1, -0.05) is 5.57 Å². The first-order chi connectivity index (χ1) is 13.5. The summed E-state index contributed by atoms with van der Waals surface area (Å²) in [6.07, 6.45) is 6.66. The highest BCUT2D eigenvalue weighted by molar-refractivity contribution is 7.89. The van der Waals surface area contributed by atoms with Gasteiger partial charge in [-0.05, 0) is 43.3 Å². The smallest absolute Gasteiger partial charge is 0.263 e. The van der Waals surface area contributed by atoms with E-state index in [-0.39, 0.29) is 16.3 Å². The van der Waals surface area contributed by atoms with Crippen molar-refractivity contribution in [2.75, 3.05) is 0 Å². The first kappa shape index (κ1) is 17.8. The molecular formula is C19H15N5O3S. The highest BCUT2D eigenvalue weighted by Crippen LogP contribution is 2.24. The summed E-state index contributed by atoms with van der Waals surface area (Å²) in [5.74, 6) is 0.649. The number of aromatic nitrogens is 3. The molecular weight excluding hydrogens is 378 g/mol. The molecule has 0 saturated heterocycles. The lowest BCUT2D eigenvalue weighted by Crippen LogP contribution is -2.27. The van der Waals surface area contributed by atoms with E-state index >= 15 is 0 Å². The molecule has 9 heteroatoms. The molecule has 1 aromatic carbocycles. The third-order valence-corrected chi connectivity index (χ3v) is 5.63. The fraction of sp³-hybridized carbons (Fsp3) is 0.105. The van der Waals surface area contributed by atoms with E-state index in [9.17, 15) is 13.7 Å². The Morgan fingerprint density at radius 3 is 2.71 bits per heavy atom. The molecule has 1 aliphatic rings. The number of hydrogen-bond donors (Lipinski definition) is 1. The Hall–Kier alpha value is -3.64. The van der Waals surface area contributed by atoms with Gasteiger partial charge in [-0.3, -0.25) is 4.72 Å². The zero-order chi connectivity index (χ0) is 19.7. The van der Waals surface area contributed by atoms with Crippen LogP contribution in [-0.2, 0) is 16.4 Å². The number of nitrogens with zero attached hydrogens (tertiary/aromatic N) is 4. The van der Waals surface area contributed by atoms with E-state index < -0.39 is 10.0 Å². The van der Waals surface area contributed by atoms with Crippen LogP contribution < -0.4 is 4.72 Å². The number of fused-ring (bicyclic) bond motifs is 1. The van der Waals surface area contributed by atoms with Crippen molar-refractivity contribution in [3.8, 4) is 17.4 Å². The van der Waals surface area contributed by atoms with Gasteiger partial charge < -0.3 is 4.42 Å². The van der Waals surface area contributed by atoms with Gasteiger partial charge in [0.1, 0.15) is 6.07 Å². The van der Waals surface area contributed by atoms with Gasteiger partial charge in [-0.25, -0.2) is 18.1 Å². The highest BCUT2D eigenvalue weighted by Gasteiger charge is 2.23. The molecule has 0 unspecified atom stereocenters. The summed E-state index contributed by atoms with van der Waals surface area (Å²) in [4.78, 5) is 3.90. The summed E-state index contributed by atoms with van der Waals surface area (Å²) in [6.45, 7) is 1.88. The molecule has 140 valence electrons. The van der Waals surface area contributed by atoms with E-state index in [2.05, 4.69) is 20.9 Å². The minimum atomic E-state index is -3.94. The van der Waals surface area contributed by atoms with Crippen LogP contribution in [0.1, 0.15) is 12.6 Å². The van der Waals surface area contributed by atoms with Crippen LogP contribution >= 0.6 is 0 Å². The van der Waals surface area contributed by atoms with E-state index in [0.29, 0.717) is 17.7 Å². The maximum absolute atomic E-state index is 12.9. The Bertz CT molecular complexity index is 1230. The van der Waals surface area contributed by atoms with Crippen LogP contribution in [0.25, 0.3) is 17.1 Å². The summed E-state index contributed by atoms with van der Waals surface area (Å²) >= 11 is 0. The number of benzene rings is 1. The van der Waals surface area contributed by atoms with Gasteiger partial charge in [-0.15, -0.1) is 0 Å². The predicted octanol–water partition coefficient (Wildman–Crippen LogP) is 2.71. The van der Waals surface area contributed by atoms with E-state index in [1.165, 1.54) is 23.2 Å². The van der Waals surface area contributed by atoms with Gasteiger partial charge >= 0.3 is 0 Å². The largest absolute Gasteiger partial charge is 0.444 e. The molecule has 0 radical (unpaired) electrons. The minimum Gasteiger partial charge on any atom is -0.444 e. The second-order valence-electron chi connectivity index (χ2n) is 6.27. The number of allylic oxidation sites excluding steroid dienone is 3. The third kappa shape index (κ3) is 3.21. The summed E-state index contributed by atoms with van der Waals surface area (Å²) in [7, 11) is -3.94. The summed E-state index contributed by atoms with van der Waals surface area (Å²) in [5.41, 5.74) is 2.62. The number of nitriles is 1. The second-order valence-corrected chi connectivity index (χ2v) is 7.95. The Morgan fingerprint density at radius 1 is 1.25 bits per heavy atom. The standard InChI is InChI=1S/C19H15N5O3S/c1-13-8-15(10-20)19(24-16(9-13)6-7-22-24)23-28(25,26)17-4-2-14(3-5-17)18-11-21-12-27-18/h2-8,11-12,23H,9H2,1H3. The molecule has 0 fully saturated rings. The van der Waals surface area contributed by atoms with Gasteiger partial charge in [-0.2, -0.15) is 10.4 Å². The average molecular weight is 393 g/mol. The fourth-order valence-electron chi connectivity index (χ4n) is 2.96. The van der Waals surface area contributed by atoms with Crippen molar-refractivity contribution >= 4 is 15.8 Å². The maximum atomic E-state index is 12.9. The third-order valence-electron chi connectivity index (χ3n) is 4.27. The van der Waals surface area contributed by atoms with Gasteiger partial charge in [0.05, 0.1) is 22.4 Å². The van der Waals surface area contributed by atoms with E-state index in [1.807, 2.05) is 6.92 Å². The molecule has 8 nitrogen and oxygen atoms in total. The molecule has 4 rings (SSSR count). The van der Waals surface area contributed by atoms with Crippen LogP contribution in [0.15, 0.2) is 75.7 Å². The highest BCUT2D eigenvalue weighted by atomic mass is 32.2. The summed E-state index contributed by atoms with van der Waals surface area (Å²) in [5, 5.41) is 13.7. The van der Waals surface area contributed by atoms with Crippen molar-refractivity contribution in [2.45, 2.75) is 18.2 Å². The zero-order valence-electron chi connectivity index (χ0n) is 14.8. The van der Waals surface area contributed by atoms with Crippen LogP contribution in [0.5, 0.6) is 0 Å². The van der Waals surface area contributed by atoms with Crippen LogP contribution in [-0.4, -0.2) is 23.2 Å². The molecule has 28 heavy (non-hydrogen) atoms. The molecule has 2 aromatic heterocycles. The topological polar surface area (TPSA) is 114 Å². The minimum absolute atomic E-state index is 0.0548. The van der Waals surface area contributed by atoms with Gasteiger partial charge in [0.15, 0.2) is 18.0 Å². The molecule has 0 aliphatic carbocycles. The van der Waals surface area contributed by atoms with E-state index in [0.717, 1.165) is 11.3 Å². The second kappa shape index (κ2) is 6.83. The van der Waals surface area contributed by atoms with E-state index in [4.69, 9.17) is 4.42 Å². The summed E-state index contributed by atoms with van der Waals surface area (Å²) in [6, 6.07) is 10.0. The van der Waals surface area contributed by atoms with Crippen LogP contribution in [0.2, 0.25) is 0 Å². The van der Waals surface area contributed by atoms with Crippen molar-refractivity contribution in [3.63, 3.8) is 0 Å². The normalized spacial score (nSPS) is 14.1. The van der Waals surface area contributed by atoms with Crippen molar-refractivity contribution in [1.82, 2.24) is 19.5 Å². The van der Waals surface area contributed by atoms with Crippen LogP contribution in [0, 0.1) is 11.3 Å². The number of hydrogen-bond acceptors (Lipinski definition) is 6. The number of sulfonamides is 1. The Morgan fingerprint density at radius 2 is 2.04 bits per heavy atom. The molecule has 0 atom stereocenters. The van der Waals surface area contributed by atoms with Crippen molar-refractivity contribution < 1.29 is 12.8 Å². The van der Waals surface area contributed by atoms with Gasteiger partial charge in [0.25, 0.3) is 10.0 Å².